The maximum Gasteiger partial charge on any atom is 0.0311 e. The third kappa shape index (κ3) is 4640. The largest absolute Gasteiger partial charge is 0.759 e. The third-order valence-corrected chi connectivity index (χ3v) is 0. The molecule has 0 aromatic carbocycles. The molecule has 8 heteroatoms. The summed E-state index contributed by atoms with van der Waals surface area (Å²) in [4.78, 5) is 0. The molecule has 8 N–H and O–H groups in total. The Morgan fingerprint density at radius 3 is 1.00 bits per heavy atom. The molecule has 0 aliphatic rings. The second-order valence-corrected chi connectivity index (χ2v) is 1.22. The van der Waals surface area contributed by atoms with Crippen LogP contribution >= 0.6 is 0 Å². The first-order valence-electron chi connectivity index (χ1n) is 1.67. The monoisotopic (exact) mass is 218 g/mol. The minimum Gasteiger partial charge on any atom is -0.759 e. The molecule has 0 heterocycles. The van der Waals surface area contributed by atoms with Gasteiger partial charge in [0.15, 0.2) is 0 Å². The van der Waals surface area contributed by atoms with Crippen LogP contribution in [0.2, 0.25) is 0 Å². The van der Waals surface area contributed by atoms with Crippen molar-refractivity contribution in [2.45, 2.75) is 13.8 Å². The van der Waals surface area contributed by atoms with E-state index in [4.69, 9.17) is 17.5 Å². The molecule has 0 saturated heterocycles. The van der Waals surface area contributed by atoms with Gasteiger partial charge < -0.3 is 21.4 Å². The van der Waals surface area contributed by atoms with Crippen molar-refractivity contribution >= 4 is 10.4 Å². The van der Waals surface area contributed by atoms with E-state index in [-0.39, 0.29) is 29.4 Å². The fraction of sp³-hybridized carbons (Fsp3) is 1.00. The fourth-order valence-corrected chi connectivity index (χ4v) is 0. The van der Waals surface area contributed by atoms with Crippen molar-refractivity contribution in [2.75, 3.05) is 0 Å². The van der Waals surface area contributed by atoms with Crippen molar-refractivity contribution < 1.29 is 34.6 Å². The van der Waals surface area contributed by atoms with Crippen molar-refractivity contribution in [1.82, 2.24) is 12.3 Å². The fourth-order valence-electron chi connectivity index (χ4n) is 0. The molecule has 0 atom stereocenters. The number of rotatable bonds is 0. The van der Waals surface area contributed by atoms with E-state index in [9.17, 15) is 0 Å². The second kappa shape index (κ2) is 16.1. The van der Waals surface area contributed by atoms with Gasteiger partial charge in [0.2, 0.25) is 0 Å². The van der Waals surface area contributed by atoms with Crippen LogP contribution in [-0.4, -0.2) is 17.5 Å². The van der Waals surface area contributed by atoms with E-state index in [1.54, 1.807) is 0 Å². The summed E-state index contributed by atoms with van der Waals surface area (Å²) in [5, 5.41) is 0. The summed E-state index contributed by atoms with van der Waals surface area (Å²) >= 11 is 0. The van der Waals surface area contributed by atoms with Crippen molar-refractivity contribution in [1.29, 1.82) is 0 Å². The molecule has 0 bridgehead atoms. The van der Waals surface area contributed by atoms with Gasteiger partial charge in [0.25, 0.3) is 0 Å². The average Bonchev–Trinajstić information content (AvgIpc) is 1.36. The molecule has 0 spiro atoms. The Labute approximate surface area is 71.6 Å². The standard InChI is InChI=1S/C2H6.Fe.2H3N.H2O4S/c1-2;;;;1-5(2,3)4/h1-2H3;;2*1H3;(H2,1,2,3,4). The van der Waals surface area contributed by atoms with Crippen LogP contribution in [0, 0.1) is 0 Å². The summed E-state index contributed by atoms with van der Waals surface area (Å²) in [6.07, 6.45) is 0. The van der Waals surface area contributed by atoms with Crippen LogP contribution in [0.15, 0.2) is 0 Å². The Morgan fingerprint density at radius 2 is 1.00 bits per heavy atom. The number of hydrogen-bond donors (Lipinski definition) is 2. The predicted molar refractivity (Wildman–Crippen MR) is 33.8 cm³/mol. The maximum atomic E-state index is 8.52. The van der Waals surface area contributed by atoms with E-state index in [0.29, 0.717) is 0 Å². The molecule has 0 radical (unpaired) electrons. The predicted octanol–water partition coefficient (Wildman–Crippen LogP) is 0.438. The smallest absolute Gasteiger partial charge is 0.0311 e. The van der Waals surface area contributed by atoms with Gasteiger partial charge in [-0.15, -0.1) is 0 Å². The van der Waals surface area contributed by atoms with Gasteiger partial charge >= 0.3 is 0 Å². The van der Waals surface area contributed by atoms with Gasteiger partial charge in [-0.2, -0.15) is 0 Å². The Bertz CT molecular complexity index is 104. The Kier molecular flexibility index (Phi) is 51.2. The van der Waals surface area contributed by atoms with Crippen LogP contribution in [0.1, 0.15) is 13.8 Å². The molecular formula is C2H14FeN2O4S. The van der Waals surface area contributed by atoms with E-state index >= 15 is 0 Å². The van der Waals surface area contributed by atoms with Crippen LogP contribution in [0.3, 0.4) is 0 Å². The van der Waals surface area contributed by atoms with Crippen LogP contribution in [0.25, 0.3) is 0 Å². The molecule has 0 aliphatic carbocycles. The Balaban J connectivity index is -0.0000000154. The van der Waals surface area contributed by atoms with E-state index in [1.807, 2.05) is 13.8 Å². The van der Waals surface area contributed by atoms with Crippen molar-refractivity contribution in [2.24, 2.45) is 0 Å². The maximum absolute atomic E-state index is 8.52. The first-order chi connectivity index (χ1) is 3.00. The molecule has 0 unspecified atom stereocenters. The minimum absolute atomic E-state index is 0. The van der Waals surface area contributed by atoms with Gasteiger partial charge in [0.1, 0.15) is 0 Å². The van der Waals surface area contributed by atoms with Crippen molar-refractivity contribution in [3.63, 3.8) is 0 Å². The molecule has 0 aromatic rings. The third-order valence-electron chi connectivity index (χ3n) is 0. The first kappa shape index (κ1) is 31.7. The van der Waals surface area contributed by atoms with Gasteiger partial charge in [0, 0.05) is 27.5 Å². The molecule has 0 amide bonds. The van der Waals surface area contributed by atoms with Gasteiger partial charge in [-0.25, -0.2) is 0 Å². The van der Waals surface area contributed by atoms with Crippen molar-refractivity contribution in [3.05, 3.63) is 0 Å². The van der Waals surface area contributed by atoms with E-state index < -0.39 is 10.4 Å². The first-order valence-corrected chi connectivity index (χ1v) is 3.00. The van der Waals surface area contributed by atoms with E-state index in [1.165, 1.54) is 0 Å². The quantitative estimate of drug-likeness (QED) is 0.343. The Hall–Kier alpha value is 0.309. The second-order valence-electron chi connectivity index (χ2n) is 0.408. The molecule has 6 nitrogen and oxygen atoms in total. The summed E-state index contributed by atoms with van der Waals surface area (Å²) in [6.45, 7) is 4.00. The van der Waals surface area contributed by atoms with Crippen LogP contribution in [0.4, 0.5) is 0 Å². The molecule has 70 valence electrons. The molecule has 0 saturated carbocycles. The molecule has 0 rings (SSSR count). The molecule has 0 aliphatic heterocycles. The summed E-state index contributed by atoms with van der Waals surface area (Å²) in [7, 11) is -5.17. The summed E-state index contributed by atoms with van der Waals surface area (Å²) in [5.41, 5.74) is 0. The average molecular weight is 218 g/mol. The SMILES string of the molecule is CC.O=S(=O)([O-])[O-].[Fe].[NH4+].[NH4+]. The summed E-state index contributed by atoms with van der Waals surface area (Å²) < 4.78 is 34.1. The molecular weight excluding hydrogens is 204 g/mol. The molecule has 0 aromatic heterocycles. The van der Waals surface area contributed by atoms with Crippen LogP contribution in [-0.2, 0) is 27.5 Å². The van der Waals surface area contributed by atoms with Crippen LogP contribution in [0.5, 0.6) is 0 Å². The summed E-state index contributed by atoms with van der Waals surface area (Å²) in [6, 6.07) is 0. The van der Waals surface area contributed by atoms with Gasteiger partial charge in [-0.1, -0.05) is 13.8 Å². The van der Waals surface area contributed by atoms with E-state index in [2.05, 4.69) is 0 Å². The topological polar surface area (TPSA) is 153 Å². The zero-order chi connectivity index (χ0) is 6.50. The van der Waals surface area contributed by atoms with E-state index in [0.717, 1.165) is 0 Å². The zero-order valence-electron chi connectivity index (χ0n) is 6.39. The van der Waals surface area contributed by atoms with Gasteiger partial charge in [0.05, 0.1) is 0 Å². The van der Waals surface area contributed by atoms with Crippen molar-refractivity contribution in [3.8, 4) is 0 Å². The van der Waals surface area contributed by atoms with Crippen LogP contribution < -0.4 is 12.3 Å². The number of hydrogen-bond acceptors (Lipinski definition) is 4. The van der Waals surface area contributed by atoms with Gasteiger partial charge in [-0.3, -0.25) is 8.42 Å². The Morgan fingerprint density at radius 1 is 1.00 bits per heavy atom. The van der Waals surface area contributed by atoms with Gasteiger partial charge in [-0.05, 0) is 0 Å². The molecule has 0 fully saturated rings. The number of quaternary nitrogens is 2. The normalized spacial score (nSPS) is 6.40. The zero-order valence-corrected chi connectivity index (χ0v) is 8.32. The minimum atomic E-state index is -5.17. The summed E-state index contributed by atoms with van der Waals surface area (Å²) in [5.74, 6) is 0. The molecule has 10 heavy (non-hydrogen) atoms.